The Morgan fingerprint density at radius 2 is 1.81 bits per heavy atom. The fourth-order valence-electron chi connectivity index (χ4n) is 4.01. The van der Waals surface area contributed by atoms with Gasteiger partial charge in [0, 0.05) is 26.0 Å². The molecule has 4 rings (SSSR count). The number of nitrogens with one attached hydrogen (secondary N) is 1. The first-order valence-electron chi connectivity index (χ1n) is 9.53. The number of fused-ring (bicyclic) bond motifs is 1. The number of rotatable bonds is 5. The molecule has 1 fully saturated rings. The summed E-state index contributed by atoms with van der Waals surface area (Å²) in [5.41, 5.74) is 2.20. The second-order valence-electron chi connectivity index (χ2n) is 7.59. The average Bonchev–Trinajstić information content (AvgIpc) is 3.15. The first-order valence-corrected chi connectivity index (χ1v) is 9.53. The van der Waals surface area contributed by atoms with Gasteiger partial charge in [0.25, 0.3) is 0 Å². The number of nitrogens with zero attached hydrogens (tertiary/aromatic N) is 3. The van der Waals surface area contributed by atoms with E-state index in [2.05, 4.69) is 16.4 Å². The highest BCUT2D eigenvalue weighted by atomic mass is 19.1. The number of hydrogen-bond acceptors (Lipinski definition) is 4. The highest BCUT2D eigenvalue weighted by molar-refractivity contribution is 5.90. The van der Waals surface area contributed by atoms with Crippen LogP contribution in [0.15, 0.2) is 48.5 Å². The van der Waals surface area contributed by atoms with Crippen molar-refractivity contribution in [2.24, 2.45) is 5.92 Å². The van der Waals surface area contributed by atoms with Gasteiger partial charge in [-0.05, 0) is 60.9 Å². The van der Waals surface area contributed by atoms with Crippen LogP contribution in [0.3, 0.4) is 0 Å². The molecule has 0 spiro atoms. The quantitative estimate of drug-likeness (QED) is 0.704. The van der Waals surface area contributed by atoms with E-state index < -0.39 is 0 Å². The summed E-state index contributed by atoms with van der Waals surface area (Å²) in [4.78, 5) is 11.4. The van der Waals surface area contributed by atoms with Gasteiger partial charge < -0.3 is 10.2 Å². The number of aromatic nitrogens is 2. The maximum atomic E-state index is 13.1. The predicted octanol–water partition coefficient (Wildman–Crippen LogP) is 4.83. The minimum Gasteiger partial charge on any atom is -0.362 e. The van der Waals surface area contributed by atoms with Crippen LogP contribution in [0.5, 0.6) is 0 Å². The molecule has 1 N–H and O–H groups in total. The summed E-state index contributed by atoms with van der Waals surface area (Å²) < 4.78 is 13.1. The van der Waals surface area contributed by atoms with Crippen LogP contribution in [0.2, 0.25) is 0 Å². The van der Waals surface area contributed by atoms with Gasteiger partial charge in [-0.25, -0.2) is 9.37 Å². The maximum absolute atomic E-state index is 13.1. The minimum absolute atomic E-state index is 0.167. The second-order valence-corrected chi connectivity index (χ2v) is 7.59. The van der Waals surface area contributed by atoms with Crippen molar-refractivity contribution in [3.05, 3.63) is 59.9 Å². The van der Waals surface area contributed by atoms with Crippen LogP contribution in [-0.2, 0) is 0 Å². The lowest BCUT2D eigenvalue weighted by atomic mass is 9.96. The molecule has 0 amide bonds. The minimum atomic E-state index is -0.167. The predicted molar refractivity (Wildman–Crippen MR) is 109 cm³/mol. The number of benzene rings is 2. The SMILES string of the molecule is CN(C)c1nc(NC[C@@H]2CC[C@H](c3ccc(F)cc3)C2)nc2ccccc12. The van der Waals surface area contributed by atoms with Gasteiger partial charge in [-0.3, -0.25) is 0 Å². The Balaban J connectivity index is 1.44. The Morgan fingerprint density at radius 1 is 1.04 bits per heavy atom. The summed E-state index contributed by atoms with van der Waals surface area (Å²) in [6, 6.07) is 15.1. The largest absolute Gasteiger partial charge is 0.362 e. The van der Waals surface area contributed by atoms with E-state index in [1.54, 1.807) is 12.1 Å². The summed E-state index contributed by atoms with van der Waals surface area (Å²) in [6.45, 7) is 0.864. The van der Waals surface area contributed by atoms with E-state index >= 15 is 0 Å². The highest BCUT2D eigenvalue weighted by Crippen LogP contribution is 2.38. The van der Waals surface area contributed by atoms with E-state index in [1.165, 1.54) is 12.0 Å². The number of halogens is 1. The Bertz CT molecular complexity index is 923. The van der Waals surface area contributed by atoms with Gasteiger partial charge in [-0.15, -0.1) is 0 Å². The molecule has 1 aliphatic rings. The van der Waals surface area contributed by atoms with Gasteiger partial charge in [0.05, 0.1) is 5.52 Å². The van der Waals surface area contributed by atoms with Crippen LogP contribution in [0, 0.1) is 11.7 Å². The first kappa shape index (κ1) is 17.7. The molecule has 27 heavy (non-hydrogen) atoms. The zero-order valence-corrected chi connectivity index (χ0v) is 15.8. The molecule has 3 aromatic rings. The van der Waals surface area contributed by atoms with E-state index in [-0.39, 0.29) is 5.82 Å². The molecule has 0 bridgehead atoms. The molecular formula is C22H25FN4. The van der Waals surface area contributed by atoms with Crippen LogP contribution in [0.4, 0.5) is 16.2 Å². The highest BCUT2D eigenvalue weighted by Gasteiger charge is 2.26. The van der Waals surface area contributed by atoms with Crippen molar-refractivity contribution < 1.29 is 4.39 Å². The summed E-state index contributed by atoms with van der Waals surface area (Å²) in [6.07, 6.45) is 3.44. The number of anilines is 2. The maximum Gasteiger partial charge on any atom is 0.225 e. The van der Waals surface area contributed by atoms with Gasteiger partial charge in [0.2, 0.25) is 5.95 Å². The fourth-order valence-corrected chi connectivity index (χ4v) is 4.01. The van der Waals surface area contributed by atoms with Crippen LogP contribution in [0.1, 0.15) is 30.7 Å². The van der Waals surface area contributed by atoms with Gasteiger partial charge >= 0.3 is 0 Å². The van der Waals surface area contributed by atoms with Crippen molar-refractivity contribution in [3.63, 3.8) is 0 Å². The van der Waals surface area contributed by atoms with Crippen molar-refractivity contribution >= 4 is 22.7 Å². The standard InChI is InChI=1S/C22H25FN4/c1-27(2)21-19-5-3-4-6-20(19)25-22(26-21)24-14-15-7-8-17(13-15)16-9-11-18(23)12-10-16/h3-6,9-12,15,17H,7-8,13-14H2,1-2H3,(H,24,25,26)/t15-,17+/m1/s1. The molecule has 0 radical (unpaired) electrons. The average molecular weight is 364 g/mol. The van der Waals surface area contributed by atoms with E-state index in [1.807, 2.05) is 49.3 Å². The Hall–Kier alpha value is -2.69. The van der Waals surface area contributed by atoms with E-state index in [9.17, 15) is 4.39 Å². The molecule has 1 saturated carbocycles. The summed E-state index contributed by atoms with van der Waals surface area (Å²) in [5, 5.41) is 4.51. The molecule has 2 atom stereocenters. The van der Waals surface area contributed by atoms with E-state index in [4.69, 9.17) is 4.98 Å². The van der Waals surface area contributed by atoms with Crippen LogP contribution in [0.25, 0.3) is 10.9 Å². The monoisotopic (exact) mass is 364 g/mol. The molecule has 1 aromatic heterocycles. The normalized spacial score (nSPS) is 19.4. The smallest absolute Gasteiger partial charge is 0.225 e. The zero-order valence-electron chi connectivity index (χ0n) is 15.8. The number of para-hydroxylation sites is 1. The van der Waals surface area contributed by atoms with E-state index in [0.29, 0.717) is 17.8 Å². The van der Waals surface area contributed by atoms with Crippen LogP contribution < -0.4 is 10.2 Å². The third-order valence-electron chi connectivity index (χ3n) is 5.44. The van der Waals surface area contributed by atoms with Crippen molar-refractivity contribution in [3.8, 4) is 0 Å². The molecular weight excluding hydrogens is 339 g/mol. The van der Waals surface area contributed by atoms with Gasteiger partial charge in [0.15, 0.2) is 0 Å². The lowest BCUT2D eigenvalue weighted by molar-refractivity contribution is 0.565. The molecule has 0 unspecified atom stereocenters. The van der Waals surface area contributed by atoms with Crippen LogP contribution in [-0.4, -0.2) is 30.6 Å². The topological polar surface area (TPSA) is 41.1 Å². The van der Waals surface area contributed by atoms with Crippen molar-refractivity contribution in [1.29, 1.82) is 0 Å². The summed E-state index contributed by atoms with van der Waals surface area (Å²) in [5.74, 6) is 2.55. The Kier molecular flexibility index (Phi) is 4.92. The first-order chi connectivity index (χ1) is 13.1. The third kappa shape index (κ3) is 3.87. The van der Waals surface area contributed by atoms with Crippen molar-refractivity contribution in [1.82, 2.24) is 9.97 Å². The fraction of sp³-hybridized carbons (Fsp3) is 0.364. The molecule has 1 aliphatic carbocycles. The second kappa shape index (κ2) is 7.51. The summed E-state index contributed by atoms with van der Waals surface area (Å²) in [7, 11) is 4.01. The Labute approximate surface area is 159 Å². The van der Waals surface area contributed by atoms with E-state index in [0.717, 1.165) is 36.1 Å². The van der Waals surface area contributed by atoms with Gasteiger partial charge in [-0.2, -0.15) is 4.98 Å². The zero-order chi connectivity index (χ0) is 18.8. The molecule has 140 valence electrons. The lowest BCUT2D eigenvalue weighted by Crippen LogP contribution is -2.16. The Morgan fingerprint density at radius 3 is 2.59 bits per heavy atom. The molecule has 4 nitrogen and oxygen atoms in total. The third-order valence-corrected chi connectivity index (χ3v) is 5.44. The van der Waals surface area contributed by atoms with Gasteiger partial charge in [-0.1, -0.05) is 24.3 Å². The van der Waals surface area contributed by atoms with Crippen molar-refractivity contribution in [2.45, 2.75) is 25.2 Å². The van der Waals surface area contributed by atoms with Crippen LogP contribution >= 0.6 is 0 Å². The number of hydrogen-bond donors (Lipinski definition) is 1. The molecule has 0 aliphatic heterocycles. The molecule has 0 saturated heterocycles. The summed E-state index contributed by atoms with van der Waals surface area (Å²) >= 11 is 0. The molecule has 1 heterocycles. The lowest BCUT2D eigenvalue weighted by Gasteiger charge is -2.17. The molecule has 5 heteroatoms. The molecule has 2 aromatic carbocycles. The van der Waals surface area contributed by atoms with Gasteiger partial charge in [0.1, 0.15) is 11.6 Å². The van der Waals surface area contributed by atoms with Crippen molar-refractivity contribution in [2.75, 3.05) is 30.9 Å².